The van der Waals surface area contributed by atoms with E-state index in [1.54, 1.807) is 24.3 Å². The van der Waals surface area contributed by atoms with E-state index in [2.05, 4.69) is 5.32 Å². The van der Waals surface area contributed by atoms with Gasteiger partial charge in [0.1, 0.15) is 28.7 Å². The average molecular weight is 410 g/mol. The molecule has 1 N–H and O–H groups in total. The van der Waals surface area contributed by atoms with Crippen molar-refractivity contribution in [1.29, 1.82) is 0 Å². The molecular formula is C21H12F2N2O3S. The number of carbonyl (C=O) groups excluding carboxylic acids is 2. The number of rotatable bonds is 3. The first-order valence-corrected chi connectivity index (χ1v) is 8.86. The van der Waals surface area contributed by atoms with Crippen LogP contribution >= 0.6 is 12.2 Å². The Kier molecular flexibility index (Phi) is 4.77. The van der Waals surface area contributed by atoms with E-state index >= 15 is 0 Å². The number of hydrogen-bond donors (Lipinski definition) is 1. The molecule has 1 aliphatic heterocycles. The van der Waals surface area contributed by atoms with Crippen LogP contribution in [0.4, 0.5) is 14.5 Å². The Bertz CT molecular complexity index is 1150. The minimum absolute atomic E-state index is 0.102. The van der Waals surface area contributed by atoms with Crippen molar-refractivity contribution in [3.8, 4) is 11.3 Å². The van der Waals surface area contributed by atoms with Crippen LogP contribution < -0.4 is 10.2 Å². The van der Waals surface area contributed by atoms with E-state index in [1.807, 2.05) is 0 Å². The predicted octanol–water partition coefficient (Wildman–Crippen LogP) is 4.06. The lowest BCUT2D eigenvalue weighted by atomic mass is 10.1. The van der Waals surface area contributed by atoms with Crippen molar-refractivity contribution >= 4 is 40.9 Å². The molecule has 2 amide bonds. The fourth-order valence-corrected chi connectivity index (χ4v) is 3.11. The first-order valence-electron chi connectivity index (χ1n) is 8.45. The quantitative estimate of drug-likeness (QED) is 0.402. The highest BCUT2D eigenvalue weighted by Crippen LogP contribution is 2.26. The van der Waals surface area contributed by atoms with Crippen molar-refractivity contribution < 1.29 is 22.8 Å². The Hall–Kier alpha value is -3.65. The molecule has 0 spiro atoms. The second-order valence-corrected chi connectivity index (χ2v) is 6.53. The second-order valence-electron chi connectivity index (χ2n) is 6.14. The summed E-state index contributed by atoms with van der Waals surface area (Å²) in [4.78, 5) is 26.3. The molecule has 2 aromatic carbocycles. The van der Waals surface area contributed by atoms with E-state index in [0.29, 0.717) is 17.0 Å². The van der Waals surface area contributed by atoms with Gasteiger partial charge in [0.2, 0.25) is 0 Å². The van der Waals surface area contributed by atoms with Crippen LogP contribution in [0, 0.1) is 11.6 Å². The topological polar surface area (TPSA) is 62.6 Å². The summed E-state index contributed by atoms with van der Waals surface area (Å²) < 4.78 is 31.9. The summed E-state index contributed by atoms with van der Waals surface area (Å²) in [6, 6.07) is 14.1. The Morgan fingerprint density at radius 2 is 1.52 bits per heavy atom. The van der Waals surface area contributed by atoms with Gasteiger partial charge in [0.15, 0.2) is 5.11 Å². The van der Waals surface area contributed by atoms with Gasteiger partial charge in [0, 0.05) is 5.56 Å². The highest BCUT2D eigenvalue weighted by Gasteiger charge is 2.34. The molecule has 0 atom stereocenters. The maximum atomic E-state index is 13.2. The van der Waals surface area contributed by atoms with Gasteiger partial charge in [-0.25, -0.2) is 8.78 Å². The van der Waals surface area contributed by atoms with Gasteiger partial charge in [-0.3, -0.25) is 19.8 Å². The van der Waals surface area contributed by atoms with Gasteiger partial charge in [-0.05, 0) is 79.0 Å². The molecule has 0 radical (unpaired) electrons. The zero-order valence-corrected chi connectivity index (χ0v) is 15.5. The van der Waals surface area contributed by atoms with Gasteiger partial charge >= 0.3 is 0 Å². The summed E-state index contributed by atoms with van der Waals surface area (Å²) >= 11 is 5.09. The smallest absolute Gasteiger partial charge is 0.270 e. The molecule has 5 nitrogen and oxygen atoms in total. The number of carbonyl (C=O) groups is 2. The van der Waals surface area contributed by atoms with Crippen LogP contribution in [-0.4, -0.2) is 16.9 Å². The summed E-state index contributed by atoms with van der Waals surface area (Å²) in [5.41, 5.74) is 0.770. The minimum atomic E-state index is -0.668. The lowest BCUT2D eigenvalue weighted by Crippen LogP contribution is -2.54. The zero-order chi connectivity index (χ0) is 20.5. The van der Waals surface area contributed by atoms with E-state index in [4.69, 9.17) is 16.6 Å². The van der Waals surface area contributed by atoms with Crippen molar-refractivity contribution in [3.63, 3.8) is 0 Å². The van der Waals surface area contributed by atoms with E-state index < -0.39 is 17.6 Å². The Morgan fingerprint density at radius 3 is 2.17 bits per heavy atom. The van der Waals surface area contributed by atoms with Crippen LogP contribution in [0.5, 0.6) is 0 Å². The lowest BCUT2D eigenvalue weighted by molar-refractivity contribution is -0.122. The van der Waals surface area contributed by atoms with Crippen LogP contribution in [0.3, 0.4) is 0 Å². The summed E-state index contributed by atoms with van der Waals surface area (Å²) in [5, 5.41) is 2.34. The molecule has 1 saturated heterocycles. The van der Waals surface area contributed by atoms with Gasteiger partial charge in [-0.1, -0.05) is 0 Å². The van der Waals surface area contributed by atoms with Crippen molar-refractivity contribution in [2.45, 2.75) is 0 Å². The average Bonchev–Trinajstić information content (AvgIpc) is 3.16. The maximum absolute atomic E-state index is 13.2. The van der Waals surface area contributed by atoms with Gasteiger partial charge < -0.3 is 4.42 Å². The highest BCUT2D eigenvalue weighted by molar-refractivity contribution is 7.80. The number of amides is 2. The van der Waals surface area contributed by atoms with Crippen LogP contribution in [-0.2, 0) is 9.59 Å². The molecule has 1 fully saturated rings. The van der Waals surface area contributed by atoms with Gasteiger partial charge in [0.25, 0.3) is 11.8 Å². The number of anilines is 1. The van der Waals surface area contributed by atoms with Gasteiger partial charge in [-0.2, -0.15) is 0 Å². The van der Waals surface area contributed by atoms with Crippen molar-refractivity contribution in [2.75, 3.05) is 4.90 Å². The molecule has 0 saturated carbocycles. The second kappa shape index (κ2) is 7.40. The zero-order valence-electron chi connectivity index (χ0n) is 14.7. The summed E-state index contributed by atoms with van der Waals surface area (Å²) in [6.45, 7) is 0. The van der Waals surface area contributed by atoms with Crippen molar-refractivity contribution in [3.05, 3.63) is 83.6 Å². The Labute approximate surface area is 169 Å². The minimum Gasteiger partial charge on any atom is -0.457 e. The van der Waals surface area contributed by atoms with Crippen LogP contribution in [0.2, 0.25) is 0 Å². The summed E-state index contributed by atoms with van der Waals surface area (Å²) in [7, 11) is 0. The molecule has 4 rings (SSSR count). The molecule has 3 aromatic rings. The number of nitrogens with one attached hydrogen (secondary N) is 1. The largest absolute Gasteiger partial charge is 0.457 e. The third kappa shape index (κ3) is 3.70. The SMILES string of the molecule is O=C1NC(=S)N(c2ccc(F)cc2)C(=O)/C1=C\c1ccc(-c2ccc(F)cc2)o1. The Balaban J connectivity index is 1.66. The molecule has 144 valence electrons. The number of nitrogens with zero attached hydrogens (tertiary/aromatic N) is 1. The van der Waals surface area contributed by atoms with E-state index in [1.165, 1.54) is 42.5 Å². The normalized spacial score (nSPS) is 15.7. The summed E-state index contributed by atoms with van der Waals surface area (Å²) in [6.07, 6.45) is 1.29. The number of halogens is 2. The molecular weight excluding hydrogens is 398 g/mol. The fourth-order valence-electron chi connectivity index (χ4n) is 2.82. The third-order valence-electron chi connectivity index (χ3n) is 4.23. The molecule has 0 unspecified atom stereocenters. The molecule has 1 aliphatic rings. The first kappa shape index (κ1) is 18.7. The first-order chi connectivity index (χ1) is 13.9. The molecule has 8 heteroatoms. The lowest BCUT2D eigenvalue weighted by Gasteiger charge is -2.28. The Morgan fingerprint density at radius 1 is 0.897 bits per heavy atom. The molecule has 1 aromatic heterocycles. The molecule has 29 heavy (non-hydrogen) atoms. The van der Waals surface area contributed by atoms with E-state index in [-0.39, 0.29) is 22.3 Å². The number of thiocarbonyl (C=S) groups is 1. The highest BCUT2D eigenvalue weighted by atomic mass is 32.1. The molecule has 0 bridgehead atoms. The number of benzene rings is 2. The fraction of sp³-hybridized carbons (Fsp3) is 0. The van der Waals surface area contributed by atoms with E-state index in [9.17, 15) is 18.4 Å². The summed E-state index contributed by atoms with van der Waals surface area (Å²) in [5.74, 6) is -1.46. The van der Waals surface area contributed by atoms with Crippen LogP contribution in [0.15, 0.2) is 70.7 Å². The maximum Gasteiger partial charge on any atom is 0.270 e. The van der Waals surface area contributed by atoms with Crippen LogP contribution in [0.1, 0.15) is 5.76 Å². The monoisotopic (exact) mass is 410 g/mol. The van der Waals surface area contributed by atoms with Gasteiger partial charge in [0.05, 0.1) is 5.69 Å². The van der Waals surface area contributed by atoms with Gasteiger partial charge in [-0.15, -0.1) is 0 Å². The van der Waals surface area contributed by atoms with Crippen molar-refractivity contribution in [1.82, 2.24) is 5.32 Å². The molecule has 0 aliphatic carbocycles. The molecule has 2 heterocycles. The van der Waals surface area contributed by atoms with Crippen LogP contribution in [0.25, 0.3) is 17.4 Å². The van der Waals surface area contributed by atoms with Crippen molar-refractivity contribution in [2.24, 2.45) is 0 Å². The number of furan rings is 1. The third-order valence-corrected chi connectivity index (χ3v) is 4.51. The standard InChI is InChI=1S/C21H12F2N2O3S/c22-13-3-1-12(2-4-13)18-10-9-16(28-18)11-17-19(26)24-21(29)25(20(17)27)15-7-5-14(23)6-8-15/h1-11H,(H,24,26,29)/b17-11-. The predicted molar refractivity (Wildman–Crippen MR) is 107 cm³/mol. The van der Waals surface area contributed by atoms with E-state index in [0.717, 1.165) is 4.90 Å². The number of hydrogen-bond acceptors (Lipinski definition) is 4.